The largest absolute Gasteiger partial charge is 0.489 e. The van der Waals surface area contributed by atoms with Gasteiger partial charge in [0.2, 0.25) is 0 Å². The monoisotopic (exact) mass is 268 g/mol. The molecule has 0 aliphatic rings. The first-order valence-corrected chi connectivity index (χ1v) is 6.39. The molecule has 0 spiro atoms. The molecule has 0 aliphatic heterocycles. The first-order valence-electron chi connectivity index (χ1n) is 6.39. The summed E-state index contributed by atoms with van der Waals surface area (Å²) in [5.74, 6) is -0.295. The molecule has 2 aromatic carbocycles. The Labute approximate surface area is 117 Å². The van der Waals surface area contributed by atoms with Crippen molar-refractivity contribution in [2.45, 2.75) is 6.92 Å². The van der Waals surface area contributed by atoms with Gasteiger partial charge in [0.15, 0.2) is 0 Å². The molecule has 0 unspecified atom stereocenters. The molecule has 3 heteroatoms. The zero-order chi connectivity index (χ0) is 14.4. The molecule has 0 radical (unpaired) electrons. The van der Waals surface area contributed by atoms with Gasteiger partial charge in [0.25, 0.3) is 0 Å². The highest BCUT2D eigenvalue weighted by Crippen LogP contribution is 2.29. The van der Waals surface area contributed by atoms with Crippen LogP contribution in [-0.2, 0) is 4.79 Å². The number of benzene rings is 2. The van der Waals surface area contributed by atoms with E-state index in [-0.39, 0.29) is 0 Å². The van der Waals surface area contributed by atoms with Crippen LogP contribution in [0.1, 0.15) is 12.5 Å². The lowest BCUT2D eigenvalue weighted by atomic mass is 10.0. The van der Waals surface area contributed by atoms with E-state index in [0.717, 1.165) is 22.4 Å². The molecule has 0 saturated heterocycles. The number of ether oxygens (including phenoxy) is 1. The Bertz CT molecular complexity index is 669. The van der Waals surface area contributed by atoms with Crippen molar-refractivity contribution in [1.29, 1.82) is 0 Å². The highest BCUT2D eigenvalue weighted by atomic mass is 16.5. The highest BCUT2D eigenvalue weighted by Gasteiger charge is 2.06. The van der Waals surface area contributed by atoms with Crippen LogP contribution >= 0.6 is 0 Å². The minimum absolute atomic E-state index is 0.461. The summed E-state index contributed by atoms with van der Waals surface area (Å²) >= 11 is 0. The summed E-state index contributed by atoms with van der Waals surface area (Å²) in [7, 11) is 0. The van der Waals surface area contributed by atoms with Crippen molar-refractivity contribution in [2.75, 3.05) is 6.61 Å². The molecule has 1 N–H and O–H groups in total. The zero-order valence-corrected chi connectivity index (χ0v) is 11.2. The minimum atomic E-state index is -0.975. The van der Waals surface area contributed by atoms with Crippen LogP contribution < -0.4 is 4.74 Å². The Morgan fingerprint density at radius 1 is 1.25 bits per heavy atom. The number of aliphatic carboxylic acids is 1. The average molecular weight is 268 g/mol. The summed E-state index contributed by atoms with van der Waals surface area (Å²) in [5.41, 5.74) is 0.787. The van der Waals surface area contributed by atoms with Gasteiger partial charge in [0.05, 0.1) is 0 Å². The third kappa shape index (κ3) is 3.26. The first kappa shape index (κ1) is 13.9. The molecule has 0 fully saturated rings. The Kier molecular flexibility index (Phi) is 4.56. The molecule has 0 saturated carbocycles. The van der Waals surface area contributed by atoms with Crippen LogP contribution in [0.3, 0.4) is 0 Å². The van der Waals surface area contributed by atoms with Gasteiger partial charge in [-0.05, 0) is 29.8 Å². The van der Waals surface area contributed by atoms with Crippen molar-refractivity contribution < 1.29 is 14.6 Å². The van der Waals surface area contributed by atoms with E-state index < -0.39 is 5.97 Å². The molecule has 0 amide bonds. The van der Waals surface area contributed by atoms with Crippen LogP contribution in [0.5, 0.6) is 5.75 Å². The molecular weight excluding hydrogens is 252 g/mol. The SMILES string of the molecule is C/C=C/COc1ccc2ccccc2c1/C=C/C(=O)O. The fourth-order valence-corrected chi connectivity index (χ4v) is 1.96. The van der Waals surface area contributed by atoms with Gasteiger partial charge in [0, 0.05) is 11.6 Å². The highest BCUT2D eigenvalue weighted by molar-refractivity contribution is 5.96. The van der Waals surface area contributed by atoms with E-state index in [4.69, 9.17) is 9.84 Å². The molecule has 0 aliphatic carbocycles. The maximum absolute atomic E-state index is 10.7. The van der Waals surface area contributed by atoms with Crippen molar-refractivity contribution in [3.8, 4) is 5.75 Å². The molecule has 20 heavy (non-hydrogen) atoms. The summed E-state index contributed by atoms with van der Waals surface area (Å²) in [4.78, 5) is 10.7. The number of hydrogen-bond donors (Lipinski definition) is 1. The van der Waals surface area contributed by atoms with Gasteiger partial charge in [0.1, 0.15) is 12.4 Å². The van der Waals surface area contributed by atoms with E-state index in [1.165, 1.54) is 0 Å². The maximum atomic E-state index is 10.7. The van der Waals surface area contributed by atoms with Crippen LogP contribution in [0.4, 0.5) is 0 Å². The molecule has 0 bridgehead atoms. The smallest absolute Gasteiger partial charge is 0.328 e. The van der Waals surface area contributed by atoms with Gasteiger partial charge in [-0.25, -0.2) is 4.79 Å². The number of rotatable bonds is 5. The first-order chi connectivity index (χ1) is 9.72. The van der Waals surface area contributed by atoms with Crippen molar-refractivity contribution in [3.05, 3.63) is 60.2 Å². The van der Waals surface area contributed by atoms with Crippen LogP contribution in [0.25, 0.3) is 16.8 Å². The molecule has 2 aromatic rings. The molecule has 102 valence electrons. The average Bonchev–Trinajstić information content (AvgIpc) is 2.45. The summed E-state index contributed by atoms with van der Waals surface area (Å²) < 4.78 is 5.69. The molecule has 3 nitrogen and oxygen atoms in total. The number of allylic oxidation sites excluding steroid dienone is 1. The summed E-state index contributed by atoms with van der Waals surface area (Å²) in [6.07, 6.45) is 6.52. The normalized spacial score (nSPS) is 11.4. The molecule has 0 aromatic heterocycles. The van der Waals surface area contributed by atoms with E-state index in [0.29, 0.717) is 12.4 Å². The van der Waals surface area contributed by atoms with Crippen LogP contribution in [0.15, 0.2) is 54.6 Å². The second-order valence-electron chi connectivity index (χ2n) is 4.25. The van der Waals surface area contributed by atoms with Gasteiger partial charge < -0.3 is 9.84 Å². The van der Waals surface area contributed by atoms with Crippen LogP contribution in [-0.4, -0.2) is 17.7 Å². The number of carbonyl (C=O) groups is 1. The Morgan fingerprint density at radius 3 is 2.80 bits per heavy atom. The van der Waals surface area contributed by atoms with E-state index in [1.807, 2.05) is 55.5 Å². The van der Waals surface area contributed by atoms with E-state index >= 15 is 0 Å². The number of carboxylic acids is 1. The summed E-state index contributed by atoms with van der Waals surface area (Å²) in [5, 5.41) is 10.8. The second-order valence-corrected chi connectivity index (χ2v) is 4.25. The van der Waals surface area contributed by atoms with Gasteiger partial charge in [-0.15, -0.1) is 0 Å². The molecule has 2 rings (SSSR count). The van der Waals surface area contributed by atoms with Gasteiger partial charge in [-0.2, -0.15) is 0 Å². The quantitative estimate of drug-likeness (QED) is 0.661. The third-order valence-electron chi connectivity index (χ3n) is 2.89. The number of fused-ring (bicyclic) bond motifs is 1. The van der Waals surface area contributed by atoms with E-state index in [9.17, 15) is 4.79 Å². The minimum Gasteiger partial charge on any atom is -0.489 e. The summed E-state index contributed by atoms with van der Waals surface area (Å²) in [6, 6.07) is 11.7. The maximum Gasteiger partial charge on any atom is 0.328 e. The lowest BCUT2D eigenvalue weighted by molar-refractivity contribution is -0.131. The van der Waals surface area contributed by atoms with Crippen LogP contribution in [0, 0.1) is 0 Å². The van der Waals surface area contributed by atoms with Gasteiger partial charge in [-0.1, -0.05) is 42.5 Å². The predicted octanol–water partition coefficient (Wildman–Crippen LogP) is 3.89. The second kappa shape index (κ2) is 6.57. The van der Waals surface area contributed by atoms with Crippen molar-refractivity contribution in [1.82, 2.24) is 0 Å². The number of carboxylic acid groups (broad SMARTS) is 1. The summed E-state index contributed by atoms with van der Waals surface area (Å²) in [6.45, 7) is 2.39. The Morgan fingerprint density at radius 2 is 2.05 bits per heavy atom. The lowest BCUT2D eigenvalue weighted by Crippen LogP contribution is -1.96. The van der Waals surface area contributed by atoms with E-state index in [1.54, 1.807) is 6.08 Å². The fraction of sp³-hybridized carbons (Fsp3) is 0.118. The topological polar surface area (TPSA) is 46.5 Å². The molecule has 0 atom stereocenters. The molecule has 0 heterocycles. The van der Waals surface area contributed by atoms with Crippen LogP contribution in [0.2, 0.25) is 0 Å². The fourth-order valence-electron chi connectivity index (χ4n) is 1.96. The van der Waals surface area contributed by atoms with Crippen molar-refractivity contribution in [3.63, 3.8) is 0 Å². The molecular formula is C17H16O3. The third-order valence-corrected chi connectivity index (χ3v) is 2.89. The van der Waals surface area contributed by atoms with Crippen molar-refractivity contribution in [2.24, 2.45) is 0 Å². The lowest BCUT2D eigenvalue weighted by Gasteiger charge is -2.10. The standard InChI is InChI=1S/C17H16O3/c1-2-3-12-20-16-10-8-13-6-4-5-7-14(13)15(16)9-11-17(18)19/h2-11H,12H2,1H3,(H,18,19)/b3-2+,11-9+. The van der Waals surface area contributed by atoms with Crippen molar-refractivity contribution >= 4 is 22.8 Å². The van der Waals surface area contributed by atoms with Gasteiger partial charge in [-0.3, -0.25) is 0 Å². The Balaban J connectivity index is 2.49. The Hall–Kier alpha value is -2.55. The number of hydrogen-bond acceptors (Lipinski definition) is 2. The predicted molar refractivity (Wildman–Crippen MR) is 80.9 cm³/mol. The van der Waals surface area contributed by atoms with E-state index in [2.05, 4.69) is 0 Å². The zero-order valence-electron chi connectivity index (χ0n) is 11.2. The van der Waals surface area contributed by atoms with Gasteiger partial charge >= 0.3 is 5.97 Å².